The van der Waals surface area contributed by atoms with Crippen LogP contribution in [0.3, 0.4) is 0 Å². The minimum atomic E-state index is -0.223. The van der Waals surface area contributed by atoms with Crippen molar-refractivity contribution in [2.24, 2.45) is 0 Å². The Morgan fingerprint density at radius 2 is 1.87 bits per heavy atom. The summed E-state index contributed by atoms with van der Waals surface area (Å²) >= 11 is 0. The maximum absolute atomic E-state index is 11.4. The zero-order valence-corrected chi connectivity index (χ0v) is 9.58. The number of carbonyl (C=O) groups is 1. The van der Waals surface area contributed by atoms with E-state index in [0.29, 0.717) is 17.7 Å². The predicted molar refractivity (Wildman–Crippen MR) is 57.6 cm³/mol. The molecule has 0 aliphatic carbocycles. The van der Waals surface area contributed by atoms with E-state index in [-0.39, 0.29) is 12.1 Å². The van der Waals surface area contributed by atoms with Crippen molar-refractivity contribution in [2.45, 2.75) is 50.8 Å². The van der Waals surface area contributed by atoms with Gasteiger partial charge in [-0.2, -0.15) is 0 Å². The molecule has 2 unspecified atom stereocenters. The summed E-state index contributed by atoms with van der Waals surface area (Å²) in [5, 5.41) is 0. The average molecular weight is 210 g/mol. The van der Waals surface area contributed by atoms with Crippen LogP contribution < -0.4 is 4.90 Å². The lowest BCUT2D eigenvalue weighted by molar-refractivity contribution is -0.923. The quantitative estimate of drug-likeness (QED) is 0.525. The first-order chi connectivity index (χ1) is 7.08. The van der Waals surface area contributed by atoms with E-state index in [0.717, 1.165) is 12.8 Å². The van der Waals surface area contributed by atoms with Crippen LogP contribution >= 0.6 is 0 Å². The molecule has 2 bridgehead atoms. The number of fused-ring (bicyclic) bond motifs is 2. The number of rotatable bonds is 2. The Morgan fingerprint density at radius 1 is 1.33 bits per heavy atom. The minimum Gasteiger partial charge on any atom is -0.459 e. The Hall–Kier alpha value is -0.830. The van der Waals surface area contributed by atoms with E-state index in [2.05, 4.69) is 13.6 Å². The topological polar surface area (TPSA) is 30.7 Å². The predicted octanol–water partition coefficient (Wildman–Crippen LogP) is 0.314. The molecule has 2 aliphatic heterocycles. The first-order valence-corrected chi connectivity index (χ1v) is 5.77. The number of hydrogen-bond donors (Lipinski definition) is 1. The molecule has 15 heavy (non-hydrogen) atoms. The van der Waals surface area contributed by atoms with Crippen molar-refractivity contribution in [3.63, 3.8) is 0 Å². The van der Waals surface area contributed by atoms with Crippen LogP contribution in [-0.2, 0) is 9.53 Å². The molecule has 0 radical (unpaired) electrons. The molecule has 2 aliphatic rings. The van der Waals surface area contributed by atoms with Crippen molar-refractivity contribution in [2.75, 3.05) is 7.05 Å². The van der Waals surface area contributed by atoms with Gasteiger partial charge in [-0.3, -0.25) is 0 Å². The van der Waals surface area contributed by atoms with E-state index < -0.39 is 0 Å². The van der Waals surface area contributed by atoms with Gasteiger partial charge in [-0.25, -0.2) is 4.79 Å². The second-order valence-electron chi connectivity index (χ2n) is 4.99. The molecule has 3 nitrogen and oxygen atoms in total. The van der Waals surface area contributed by atoms with Gasteiger partial charge in [0, 0.05) is 31.3 Å². The molecule has 2 fully saturated rings. The molecule has 84 valence electrons. The SMILES string of the molecule is C=C(C)C(=O)OC1CC2CCC(C1)[NH+]2C. The van der Waals surface area contributed by atoms with Gasteiger partial charge < -0.3 is 9.64 Å². The largest absolute Gasteiger partial charge is 0.459 e. The summed E-state index contributed by atoms with van der Waals surface area (Å²) in [5.41, 5.74) is 0.508. The third kappa shape index (κ3) is 2.07. The monoisotopic (exact) mass is 210 g/mol. The zero-order valence-electron chi connectivity index (χ0n) is 9.58. The molecule has 2 saturated heterocycles. The molecule has 0 amide bonds. The Kier molecular flexibility index (Phi) is 2.83. The number of ether oxygens (including phenoxy) is 1. The van der Waals surface area contributed by atoms with E-state index in [4.69, 9.17) is 4.74 Å². The van der Waals surface area contributed by atoms with E-state index in [9.17, 15) is 4.79 Å². The van der Waals surface area contributed by atoms with E-state index in [1.807, 2.05) is 0 Å². The van der Waals surface area contributed by atoms with Gasteiger partial charge in [0.1, 0.15) is 6.10 Å². The summed E-state index contributed by atoms with van der Waals surface area (Å²) < 4.78 is 5.43. The van der Waals surface area contributed by atoms with Gasteiger partial charge in [0.2, 0.25) is 0 Å². The maximum atomic E-state index is 11.4. The van der Waals surface area contributed by atoms with E-state index >= 15 is 0 Å². The molecule has 0 aromatic carbocycles. The van der Waals surface area contributed by atoms with Gasteiger partial charge in [-0.1, -0.05) is 6.58 Å². The Balaban J connectivity index is 1.92. The van der Waals surface area contributed by atoms with Crippen molar-refractivity contribution in [1.82, 2.24) is 0 Å². The lowest BCUT2D eigenvalue weighted by atomic mass is 10.0. The van der Waals surface area contributed by atoms with Gasteiger partial charge >= 0.3 is 5.97 Å². The highest BCUT2D eigenvalue weighted by molar-refractivity contribution is 5.87. The van der Waals surface area contributed by atoms with Gasteiger partial charge in [0.05, 0.1) is 19.1 Å². The van der Waals surface area contributed by atoms with E-state index in [1.165, 1.54) is 12.8 Å². The third-order valence-electron chi connectivity index (χ3n) is 3.87. The summed E-state index contributed by atoms with van der Waals surface area (Å²) in [6, 6.07) is 1.40. The highest BCUT2D eigenvalue weighted by atomic mass is 16.5. The Bertz CT molecular complexity index is 273. The van der Waals surface area contributed by atoms with E-state index in [1.54, 1.807) is 11.8 Å². The van der Waals surface area contributed by atoms with Gasteiger partial charge in [-0.05, 0) is 6.92 Å². The molecule has 2 heterocycles. The highest BCUT2D eigenvalue weighted by Crippen LogP contribution is 2.24. The van der Waals surface area contributed by atoms with Crippen molar-refractivity contribution >= 4 is 5.97 Å². The number of piperidine rings is 1. The summed E-state index contributed by atoms with van der Waals surface area (Å²) in [7, 11) is 2.26. The summed E-state index contributed by atoms with van der Waals surface area (Å²) in [6.45, 7) is 5.31. The van der Waals surface area contributed by atoms with Gasteiger partial charge in [0.15, 0.2) is 0 Å². The maximum Gasteiger partial charge on any atom is 0.333 e. The fourth-order valence-electron chi connectivity index (χ4n) is 2.88. The normalized spacial score (nSPS) is 38.8. The number of hydrogen-bond acceptors (Lipinski definition) is 2. The highest BCUT2D eigenvalue weighted by Gasteiger charge is 2.43. The van der Waals surface area contributed by atoms with Crippen LogP contribution in [-0.4, -0.2) is 31.2 Å². The van der Waals surface area contributed by atoms with Crippen molar-refractivity contribution in [3.8, 4) is 0 Å². The number of nitrogens with one attached hydrogen (secondary N) is 1. The minimum absolute atomic E-state index is 0.135. The van der Waals surface area contributed by atoms with Crippen LogP contribution in [0.2, 0.25) is 0 Å². The van der Waals surface area contributed by atoms with Crippen LogP contribution in [0.4, 0.5) is 0 Å². The second-order valence-corrected chi connectivity index (χ2v) is 4.99. The number of carbonyl (C=O) groups excluding carboxylic acids is 1. The molecule has 2 atom stereocenters. The third-order valence-corrected chi connectivity index (χ3v) is 3.87. The summed E-state index contributed by atoms with van der Waals surface area (Å²) in [6.07, 6.45) is 4.77. The summed E-state index contributed by atoms with van der Waals surface area (Å²) in [5.74, 6) is -0.223. The van der Waals surface area contributed by atoms with Gasteiger partial charge in [0.25, 0.3) is 0 Å². The zero-order chi connectivity index (χ0) is 11.0. The molecule has 0 aromatic heterocycles. The standard InChI is InChI=1S/C12H19NO2/c1-8(2)12(14)15-11-6-9-4-5-10(7-11)13(9)3/h9-11H,1,4-7H2,2-3H3/p+1. The molecule has 3 heteroatoms. The van der Waals surface area contributed by atoms with Crippen LogP contribution in [0.25, 0.3) is 0 Å². The lowest BCUT2D eigenvalue weighted by Crippen LogP contribution is -3.15. The second kappa shape index (κ2) is 3.97. The number of esters is 1. The first kappa shape index (κ1) is 10.7. The molecular formula is C12H20NO2+. The fourth-order valence-corrected chi connectivity index (χ4v) is 2.88. The molecule has 0 spiro atoms. The average Bonchev–Trinajstić information content (AvgIpc) is 2.41. The van der Waals surface area contributed by atoms with Gasteiger partial charge in [-0.15, -0.1) is 0 Å². The fraction of sp³-hybridized carbons (Fsp3) is 0.750. The molecule has 0 saturated carbocycles. The Labute approximate surface area is 91.1 Å². The molecule has 0 aromatic rings. The molecular weight excluding hydrogens is 190 g/mol. The smallest absolute Gasteiger partial charge is 0.333 e. The molecule has 1 N–H and O–H groups in total. The van der Waals surface area contributed by atoms with Crippen LogP contribution in [0.5, 0.6) is 0 Å². The summed E-state index contributed by atoms with van der Waals surface area (Å²) in [4.78, 5) is 13.0. The van der Waals surface area contributed by atoms with Crippen LogP contribution in [0.15, 0.2) is 12.2 Å². The number of quaternary nitrogens is 1. The molecule has 2 rings (SSSR count). The van der Waals surface area contributed by atoms with Crippen molar-refractivity contribution in [3.05, 3.63) is 12.2 Å². The Morgan fingerprint density at radius 3 is 2.33 bits per heavy atom. The lowest BCUT2D eigenvalue weighted by Gasteiger charge is -2.33. The van der Waals surface area contributed by atoms with Crippen LogP contribution in [0.1, 0.15) is 32.6 Å². The van der Waals surface area contributed by atoms with Crippen molar-refractivity contribution < 1.29 is 14.4 Å². The van der Waals surface area contributed by atoms with Crippen molar-refractivity contribution in [1.29, 1.82) is 0 Å². The van der Waals surface area contributed by atoms with Crippen LogP contribution in [0, 0.1) is 0 Å². The first-order valence-electron chi connectivity index (χ1n) is 5.77.